The number of rotatable bonds is 2. The molecular formula is C20H18N2O4. The minimum Gasteiger partial charge on any atom is -0.356 e. The molecule has 0 radical (unpaired) electrons. The van der Waals surface area contributed by atoms with Crippen molar-refractivity contribution in [1.82, 2.24) is 10.1 Å². The summed E-state index contributed by atoms with van der Waals surface area (Å²) < 4.78 is 5.44. The van der Waals surface area contributed by atoms with Crippen molar-refractivity contribution in [3.8, 4) is 0 Å². The first-order valence-corrected chi connectivity index (χ1v) is 8.54. The zero-order chi connectivity index (χ0) is 18.4. The molecule has 1 aromatic heterocycles. The summed E-state index contributed by atoms with van der Waals surface area (Å²) in [7, 11) is 3.42. The van der Waals surface area contributed by atoms with Gasteiger partial charge in [0.15, 0.2) is 5.58 Å². The van der Waals surface area contributed by atoms with Crippen LogP contribution in [0.25, 0.3) is 21.7 Å². The van der Waals surface area contributed by atoms with Gasteiger partial charge in [0, 0.05) is 26.1 Å². The van der Waals surface area contributed by atoms with E-state index < -0.39 is 5.92 Å². The number of Topliss-reactive ketones (excluding diaryl/α,β-unsaturated/α-hetero) is 2. The van der Waals surface area contributed by atoms with Crippen molar-refractivity contribution < 1.29 is 18.9 Å². The maximum Gasteiger partial charge on any atom is 0.253 e. The summed E-state index contributed by atoms with van der Waals surface area (Å²) in [5.74, 6) is -0.607. The molecular weight excluding hydrogens is 332 g/mol. The van der Waals surface area contributed by atoms with Crippen molar-refractivity contribution in [1.29, 1.82) is 0 Å². The molecule has 4 rings (SSSR count). The van der Waals surface area contributed by atoms with Gasteiger partial charge in [-0.1, -0.05) is 17.3 Å². The molecule has 1 atom stereocenters. The number of nitrogens with zero attached hydrogens (tertiary/aromatic N) is 2. The minimum absolute atomic E-state index is 0.0178. The second-order valence-corrected chi connectivity index (χ2v) is 6.92. The Bertz CT molecular complexity index is 1060. The highest BCUT2D eigenvalue weighted by Crippen LogP contribution is 2.36. The molecule has 0 bridgehead atoms. The zero-order valence-electron chi connectivity index (χ0n) is 14.6. The Kier molecular flexibility index (Phi) is 3.83. The van der Waals surface area contributed by atoms with Gasteiger partial charge in [-0.15, -0.1) is 0 Å². The minimum atomic E-state index is -0.414. The quantitative estimate of drug-likeness (QED) is 0.664. The standard InChI is InChI=1S/C20H18N2O4/c1-22(2)20(25)12-3-6-14-11(9-12)4-8-17-18(14)19(21-26-17)15-7-5-13(23)10-16(15)24/h3-4,6,8-9,15H,5,7,10H2,1-2H3/t15-/m0/s1. The molecule has 3 aromatic rings. The van der Waals surface area contributed by atoms with Gasteiger partial charge in [0.1, 0.15) is 17.3 Å². The lowest BCUT2D eigenvalue weighted by Gasteiger charge is -2.18. The van der Waals surface area contributed by atoms with Gasteiger partial charge in [0.2, 0.25) is 0 Å². The number of carbonyl (C=O) groups excluding carboxylic acids is 3. The monoisotopic (exact) mass is 350 g/mol. The fraction of sp³-hybridized carbons (Fsp3) is 0.300. The highest BCUT2D eigenvalue weighted by molar-refractivity contribution is 6.12. The lowest BCUT2D eigenvalue weighted by Crippen LogP contribution is -2.23. The van der Waals surface area contributed by atoms with Crippen LogP contribution in [0.2, 0.25) is 0 Å². The van der Waals surface area contributed by atoms with E-state index in [2.05, 4.69) is 5.16 Å². The molecule has 26 heavy (non-hydrogen) atoms. The summed E-state index contributed by atoms with van der Waals surface area (Å²) in [6.45, 7) is 0. The molecule has 1 aliphatic carbocycles. The van der Waals surface area contributed by atoms with Crippen molar-refractivity contribution in [3.05, 3.63) is 41.6 Å². The molecule has 1 amide bonds. The van der Waals surface area contributed by atoms with Crippen LogP contribution >= 0.6 is 0 Å². The normalized spacial score (nSPS) is 17.8. The van der Waals surface area contributed by atoms with Gasteiger partial charge in [-0.3, -0.25) is 14.4 Å². The number of benzene rings is 2. The van der Waals surface area contributed by atoms with E-state index >= 15 is 0 Å². The molecule has 0 spiro atoms. The molecule has 0 N–H and O–H groups in total. The molecule has 1 aliphatic rings. The van der Waals surface area contributed by atoms with Crippen LogP contribution in [-0.2, 0) is 9.59 Å². The summed E-state index contributed by atoms with van der Waals surface area (Å²) >= 11 is 0. The third-order valence-corrected chi connectivity index (χ3v) is 4.94. The first-order valence-electron chi connectivity index (χ1n) is 8.54. The lowest BCUT2D eigenvalue weighted by molar-refractivity contribution is -0.130. The predicted molar refractivity (Wildman–Crippen MR) is 96.1 cm³/mol. The van der Waals surface area contributed by atoms with E-state index in [0.29, 0.717) is 29.7 Å². The molecule has 1 heterocycles. The zero-order valence-corrected chi connectivity index (χ0v) is 14.6. The summed E-state index contributed by atoms with van der Waals surface area (Å²) in [5, 5.41) is 6.71. The van der Waals surface area contributed by atoms with Gasteiger partial charge in [0.05, 0.1) is 17.7 Å². The molecule has 1 fully saturated rings. The van der Waals surface area contributed by atoms with Crippen molar-refractivity contribution in [2.75, 3.05) is 14.1 Å². The molecule has 6 heteroatoms. The number of hydrogen-bond acceptors (Lipinski definition) is 5. The van der Waals surface area contributed by atoms with Crippen LogP contribution in [0, 0.1) is 0 Å². The van der Waals surface area contributed by atoms with Crippen LogP contribution in [0.15, 0.2) is 34.9 Å². The number of carbonyl (C=O) groups is 3. The first-order chi connectivity index (χ1) is 12.5. The van der Waals surface area contributed by atoms with Crippen LogP contribution in [-0.4, -0.2) is 41.6 Å². The Morgan fingerprint density at radius 1 is 1.19 bits per heavy atom. The summed E-state index contributed by atoms with van der Waals surface area (Å²) in [6, 6.07) is 9.16. The maximum absolute atomic E-state index is 12.3. The average molecular weight is 350 g/mol. The Hall–Kier alpha value is -3.02. The van der Waals surface area contributed by atoms with Gasteiger partial charge >= 0.3 is 0 Å². The van der Waals surface area contributed by atoms with Crippen LogP contribution in [0.3, 0.4) is 0 Å². The Balaban J connectivity index is 1.87. The van der Waals surface area contributed by atoms with E-state index in [1.807, 2.05) is 18.2 Å². The van der Waals surface area contributed by atoms with Crippen LogP contribution in [0.1, 0.15) is 41.2 Å². The molecule has 6 nitrogen and oxygen atoms in total. The summed E-state index contributed by atoms with van der Waals surface area (Å²) in [5.41, 5.74) is 1.79. The van der Waals surface area contributed by atoms with Gasteiger partial charge < -0.3 is 9.42 Å². The van der Waals surface area contributed by atoms with E-state index in [4.69, 9.17) is 4.52 Å². The highest BCUT2D eigenvalue weighted by Gasteiger charge is 2.32. The third-order valence-electron chi connectivity index (χ3n) is 4.94. The van der Waals surface area contributed by atoms with Crippen LogP contribution in [0.5, 0.6) is 0 Å². The van der Waals surface area contributed by atoms with Gasteiger partial charge in [0.25, 0.3) is 5.91 Å². The molecule has 2 aromatic carbocycles. The smallest absolute Gasteiger partial charge is 0.253 e. The van der Waals surface area contributed by atoms with Crippen molar-refractivity contribution in [2.45, 2.75) is 25.2 Å². The maximum atomic E-state index is 12.3. The summed E-state index contributed by atoms with van der Waals surface area (Å²) in [6.07, 6.45) is 0.815. The molecule has 1 saturated carbocycles. The number of aromatic nitrogens is 1. The highest BCUT2D eigenvalue weighted by atomic mass is 16.5. The second-order valence-electron chi connectivity index (χ2n) is 6.92. The average Bonchev–Trinajstić information content (AvgIpc) is 3.04. The van der Waals surface area contributed by atoms with E-state index in [0.717, 1.165) is 16.2 Å². The van der Waals surface area contributed by atoms with E-state index in [9.17, 15) is 14.4 Å². The number of amides is 1. The summed E-state index contributed by atoms with van der Waals surface area (Å²) in [4.78, 5) is 37.6. The van der Waals surface area contributed by atoms with Gasteiger partial charge in [-0.25, -0.2) is 0 Å². The topological polar surface area (TPSA) is 80.5 Å². The fourth-order valence-corrected chi connectivity index (χ4v) is 3.58. The van der Waals surface area contributed by atoms with E-state index in [1.54, 1.807) is 26.2 Å². The SMILES string of the molecule is CN(C)C(=O)c1ccc2c(ccc3onc([C@H]4CCC(=O)CC4=O)c32)c1. The first kappa shape index (κ1) is 16.4. The van der Waals surface area contributed by atoms with E-state index in [-0.39, 0.29) is 23.9 Å². The Labute approximate surface area is 149 Å². The Morgan fingerprint density at radius 3 is 2.73 bits per heavy atom. The van der Waals surface area contributed by atoms with Gasteiger partial charge in [-0.05, 0) is 35.4 Å². The number of ketones is 2. The Morgan fingerprint density at radius 2 is 2.00 bits per heavy atom. The van der Waals surface area contributed by atoms with Crippen LogP contribution < -0.4 is 0 Å². The number of fused-ring (bicyclic) bond motifs is 3. The number of hydrogen-bond donors (Lipinski definition) is 0. The van der Waals surface area contributed by atoms with Crippen molar-refractivity contribution in [2.24, 2.45) is 0 Å². The molecule has 0 saturated heterocycles. The predicted octanol–water partition coefficient (Wildman–Crippen LogP) is 3.09. The van der Waals surface area contributed by atoms with Crippen LogP contribution in [0.4, 0.5) is 0 Å². The van der Waals surface area contributed by atoms with Gasteiger partial charge in [-0.2, -0.15) is 0 Å². The largest absolute Gasteiger partial charge is 0.356 e. The second kappa shape index (κ2) is 6.05. The van der Waals surface area contributed by atoms with Crippen molar-refractivity contribution >= 4 is 39.2 Å². The van der Waals surface area contributed by atoms with Crippen molar-refractivity contribution in [3.63, 3.8) is 0 Å². The molecule has 132 valence electrons. The molecule has 0 aliphatic heterocycles. The fourth-order valence-electron chi connectivity index (χ4n) is 3.58. The third kappa shape index (κ3) is 2.58. The van der Waals surface area contributed by atoms with E-state index in [1.165, 1.54) is 4.90 Å². The molecule has 0 unspecified atom stereocenters. The lowest BCUT2D eigenvalue weighted by atomic mass is 9.83.